The summed E-state index contributed by atoms with van der Waals surface area (Å²) in [7, 11) is -2.87. The van der Waals surface area contributed by atoms with Gasteiger partial charge in [0.25, 0.3) is 0 Å². The largest absolute Gasteiger partial charge is 0.410 e. The molecule has 0 aromatic carbocycles. The molecule has 4 heteroatoms. The Morgan fingerprint density at radius 1 is 0.933 bits per heavy atom. The van der Waals surface area contributed by atoms with Crippen molar-refractivity contribution in [2.75, 3.05) is 12.7 Å². The highest BCUT2D eigenvalue weighted by molar-refractivity contribution is 6.64. The molecule has 3 nitrogen and oxygen atoms in total. The van der Waals surface area contributed by atoms with Crippen LogP contribution in [-0.2, 0) is 0 Å². The third kappa shape index (κ3) is 10.4. The Balaban J connectivity index is 3.11. The molecule has 0 rings (SSSR count). The minimum Gasteiger partial charge on any atom is -0.410 e. The zero-order valence-electron chi connectivity index (χ0n) is 10.3. The van der Waals surface area contributed by atoms with E-state index in [2.05, 4.69) is 12.2 Å². The molecule has 0 aliphatic carbocycles. The van der Waals surface area contributed by atoms with E-state index in [1.807, 2.05) is 6.92 Å². The number of nitrogens with one attached hydrogen (secondary N) is 1. The summed E-state index contributed by atoms with van der Waals surface area (Å²) in [6.45, 7) is 4.97. The number of unbranched alkanes of at least 4 members (excludes halogenated alkanes) is 5. The second kappa shape index (κ2) is 9.33. The van der Waals surface area contributed by atoms with E-state index in [-0.39, 0.29) is 0 Å². The van der Waals surface area contributed by atoms with Crippen molar-refractivity contribution in [3.8, 4) is 0 Å². The Bertz CT molecular complexity index is 143. The SMILES string of the molecule is CCCCCCCCNC[Si](O)(O)CC. The van der Waals surface area contributed by atoms with Crippen LogP contribution < -0.4 is 5.32 Å². The Morgan fingerprint density at radius 3 is 2.13 bits per heavy atom. The quantitative estimate of drug-likeness (QED) is 0.399. The van der Waals surface area contributed by atoms with E-state index in [1.165, 1.54) is 32.1 Å². The third-order valence-corrected chi connectivity index (χ3v) is 4.63. The standard InChI is InChI=1S/C11H27NO2Si/c1-3-5-6-7-8-9-10-12-11-15(13,14)4-2/h12-14H,3-11H2,1-2H3. The van der Waals surface area contributed by atoms with Gasteiger partial charge in [-0.2, -0.15) is 0 Å². The Labute approximate surface area is 95.2 Å². The minimum absolute atomic E-state index is 0.415. The van der Waals surface area contributed by atoms with Crippen LogP contribution in [0.1, 0.15) is 52.4 Å². The van der Waals surface area contributed by atoms with Gasteiger partial charge in [0.15, 0.2) is 0 Å². The van der Waals surface area contributed by atoms with Gasteiger partial charge in [0.2, 0.25) is 0 Å². The van der Waals surface area contributed by atoms with E-state index in [0.29, 0.717) is 12.2 Å². The van der Waals surface area contributed by atoms with Crippen molar-refractivity contribution in [3.05, 3.63) is 0 Å². The van der Waals surface area contributed by atoms with Crippen LogP contribution in [0.3, 0.4) is 0 Å². The van der Waals surface area contributed by atoms with Gasteiger partial charge < -0.3 is 14.9 Å². The fourth-order valence-corrected chi connectivity index (χ4v) is 2.27. The van der Waals surface area contributed by atoms with E-state index >= 15 is 0 Å². The van der Waals surface area contributed by atoms with Crippen molar-refractivity contribution in [3.63, 3.8) is 0 Å². The van der Waals surface area contributed by atoms with Gasteiger partial charge >= 0.3 is 8.56 Å². The van der Waals surface area contributed by atoms with Crippen molar-refractivity contribution in [1.82, 2.24) is 5.32 Å². The van der Waals surface area contributed by atoms with Crippen LogP contribution in [0, 0.1) is 0 Å². The lowest BCUT2D eigenvalue weighted by Gasteiger charge is -2.15. The Kier molecular flexibility index (Phi) is 9.39. The Morgan fingerprint density at radius 2 is 1.53 bits per heavy atom. The van der Waals surface area contributed by atoms with Crippen molar-refractivity contribution >= 4 is 8.56 Å². The van der Waals surface area contributed by atoms with Gasteiger partial charge in [-0.25, -0.2) is 0 Å². The molecule has 0 aliphatic rings. The lowest BCUT2D eigenvalue weighted by atomic mass is 10.1. The molecule has 0 spiro atoms. The average Bonchev–Trinajstić information content (AvgIpc) is 2.22. The van der Waals surface area contributed by atoms with E-state index in [1.54, 1.807) is 0 Å². The van der Waals surface area contributed by atoms with E-state index in [0.717, 1.165) is 13.0 Å². The molecular formula is C11H27NO2Si. The average molecular weight is 233 g/mol. The lowest BCUT2D eigenvalue weighted by molar-refractivity contribution is 0.354. The van der Waals surface area contributed by atoms with Crippen molar-refractivity contribution < 1.29 is 9.59 Å². The van der Waals surface area contributed by atoms with Crippen LogP contribution >= 0.6 is 0 Å². The van der Waals surface area contributed by atoms with Gasteiger partial charge in [-0.05, 0) is 19.0 Å². The highest BCUT2D eigenvalue weighted by Crippen LogP contribution is 2.04. The first kappa shape index (κ1) is 15.1. The minimum atomic E-state index is -2.87. The van der Waals surface area contributed by atoms with Crippen LogP contribution in [0.2, 0.25) is 6.04 Å². The zero-order chi connectivity index (χ0) is 11.6. The molecule has 15 heavy (non-hydrogen) atoms. The molecule has 0 radical (unpaired) electrons. The first-order valence-corrected chi connectivity index (χ1v) is 8.58. The second-order valence-corrected chi connectivity index (χ2v) is 7.31. The summed E-state index contributed by atoms with van der Waals surface area (Å²) >= 11 is 0. The van der Waals surface area contributed by atoms with Gasteiger partial charge in [0.1, 0.15) is 0 Å². The summed E-state index contributed by atoms with van der Waals surface area (Å²) < 4.78 is 0. The summed E-state index contributed by atoms with van der Waals surface area (Å²) in [6.07, 6.45) is 8.10. The maximum absolute atomic E-state index is 9.43. The molecule has 0 atom stereocenters. The maximum Gasteiger partial charge on any atom is 0.346 e. The molecule has 0 bridgehead atoms. The topological polar surface area (TPSA) is 52.5 Å². The summed E-state index contributed by atoms with van der Waals surface area (Å²) in [4.78, 5) is 18.9. The summed E-state index contributed by atoms with van der Waals surface area (Å²) in [5, 5.41) is 3.13. The van der Waals surface area contributed by atoms with Crippen LogP contribution in [-0.4, -0.2) is 30.9 Å². The van der Waals surface area contributed by atoms with Gasteiger partial charge in [0, 0.05) is 6.17 Å². The summed E-state index contributed by atoms with van der Waals surface area (Å²) in [5.74, 6) is 0. The first-order chi connectivity index (χ1) is 7.12. The fourth-order valence-electron chi connectivity index (χ4n) is 1.44. The monoisotopic (exact) mass is 233 g/mol. The van der Waals surface area contributed by atoms with Crippen molar-refractivity contribution in [1.29, 1.82) is 0 Å². The third-order valence-electron chi connectivity index (χ3n) is 2.68. The molecule has 0 fully saturated rings. The van der Waals surface area contributed by atoms with E-state index in [4.69, 9.17) is 0 Å². The van der Waals surface area contributed by atoms with Crippen LogP contribution in [0.4, 0.5) is 0 Å². The molecule has 0 aromatic heterocycles. The number of hydrogen-bond acceptors (Lipinski definition) is 3. The second-order valence-electron chi connectivity index (χ2n) is 4.28. The van der Waals surface area contributed by atoms with Crippen LogP contribution in [0.5, 0.6) is 0 Å². The van der Waals surface area contributed by atoms with Crippen molar-refractivity contribution in [2.24, 2.45) is 0 Å². The molecule has 0 saturated carbocycles. The summed E-state index contributed by atoms with van der Waals surface area (Å²) in [6, 6.07) is 0.510. The molecule has 0 aliphatic heterocycles. The molecule has 0 aromatic rings. The van der Waals surface area contributed by atoms with Crippen LogP contribution in [0.15, 0.2) is 0 Å². The molecule has 92 valence electrons. The number of hydrogen-bond donors (Lipinski definition) is 3. The Hall–Kier alpha value is 0.0969. The van der Waals surface area contributed by atoms with Crippen molar-refractivity contribution in [2.45, 2.75) is 58.4 Å². The summed E-state index contributed by atoms with van der Waals surface area (Å²) in [5.41, 5.74) is 0. The molecule has 3 N–H and O–H groups in total. The number of rotatable bonds is 10. The predicted octanol–water partition coefficient (Wildman–Crippen LogP) is 1.92. The molecule has 0 unspecified atom stereocenters. The highest BCUT2D eigenvalue weighted by Gasteiger charge is 2.25. The normalized spacial score (nSPS) is 12.0. The predicted molar refractivity (Wildman–Crippen MR) is 66.9 cm³/mol. The van der Waals surface area contributed by atoms with E-state index in [9.17, 15) is 9.59 Å². The van der Waals surface area contributed by atoms with Crippen LogP contribution in [0.25, 0.3) is 0 Å². The molecular weight excluding hydrogens is 206 g/mol. The smallest absolute Gasteiger partial charge is 0.346 e. The van der Waals surface area contributed by atoms with E-state index < -0.39 is 8.56 Å². The fraction of sp³-hybridized carbons (Fsp3) is 1.00. The lowest BCUT2D eigenvalue weighted by Crippen LogP contribution is -2.45. The zero-order valence-corrected chi connectivity index (χ0v) is 11.3. The van der Waals surface area contributed by atoms with Gasteiger partial charge in [-0.3, -0.25) is 0 Å². The van der Waals surface area contributed by atoms with Gasteiger partial charge in [0.05, 0.1) is 0 Å². The first-order valence-electron chi connectivity index (χ1n) is 6.28. The maximum atomic E-state index is 9.43. The van der Waals surface area contributed by atoms with Gasteiger partial charge in [-0.1, -0.05) is 46.0 Å². The molecule has 0 heterocycles. The highest BCUT2D eigenvalue weighted by atomic mass is 28.4. The molecule has 0 saturated heterocycles. The molecule has 0 amide bonds. The van der Waals surface area contributed by atoms with Gasteiger partial charge in [-0.15, -0.1) is 0 Å².